The van der Waals surface area contributed by atoms with Crippen LogP contribution in [0.2, 0.25) is 0 Å². The third kappa shape index (κ3) is 3.78. The Labute approximate surface area is 126 Å². The van der Waals surface area contributed by atoms with Gasteiger partial charge in [0.15, 0.2) is 0 Å². The molecule has 3 nitrogen and oxygen atoms in total. The first-order valence-electron chi connectivity index (χ1n) is 6.15. The van der Waals surface area contributed by atoms with Crippen molar-refractivity contribution in [2.75, 3.05) is 19.0 Å². The number of aromatic nitrogens is 1. The van der Waals surface area contributed by atoms with Crippen molar-refractivity contribution >= 4 is 33.0 Å². The molecule has 19 heavy (non-hydrogen) atoms. The molecule has 102 valence electrons. The molecular weight excluding hydrogens is 322 g/mol. The first kappa shape index (κ1) is 14.5. The number of hydrogen-bond donors (Lipinski definition) is 1. The zero-order valence-electron chi connectivity index (χ0n) is 11.4. The summed E-state index contributed by atoms with van der Waals surface area (Å²) < 4.78 is 1.14. The SMILES string of the molecule is CNCc1ccc(N(C)Cc2csc(C)n2)cc1Br. The number of benzene rings is 1. The second-order valence-corrected chi connectivity index (χ2v) is 6.44. The van der Waals surface area contributed by atoms with E-state index in [1.54, 1.807) is 11.3 Å². The fraction of sp³-hybridized carbons (Fsp3) is 0.357. The zero-order chi connectivity index (χ0) is 13.8. The van der Waals surface area contributed by atoms with E-state index >= 15 is 0 Å². The van der Waals surface area contributed by atoms with Crippen LogP contribution in [-0.2, 0) is 13.1 Å². The van der Waals surface area contributed by atoms with Crippen LogP contribution in [0.3, 0.4) is 0 Å². The molecular formula is C14H18BrN3S. The summed E-state index contributed by atoms with van der Waals surface area (Å²) in [4.78, 5) is 6.71. The predicted molar refractivity (Wildman–Crippen MR) is 85.9 cm³/mol. The molecule has 2 rings (SSSR count). The number of hydrogen-bond acceptors (Lipinski definition) is 4. The minimum atomic E-state index is 0.835. The maximum Gasteiger partial charge on any atom is 0.0898 e. The van der Waals surface area contributed by atoms with Gasteiger partial charge < -0.3 is 10.2 Å². The Hall–Kier alpha value is -0.910. The second kappa shape index (κ2) is 6.50. The van der Waals surface area contributed by atoms with Crippen molar-refractivity contribution in [1.82, 2.24) is 10.3 Å². The molecule has 0 saturated carbocycles. The Balaban J connectivity index is 2.10. The Bertz CT molecular complexity index is 553. The van der Waals surface area contributed by atoms with Crippen molar-refractivity contribution in [3.63, 3.8) is 0 Å². The number of nitrogens with one attached hydrogen (secondary N) is 1. The minimum absolute atomic E-state index is 0.835. The maximum absolute atomic E-state index is 4.50. The van der Waals surface area contributed by atoms with Crippen LogP contribution in [0.4, 0.5) is 5.69 Å². The molecule has 0 saturated heterocycles. The molecule has 0 fully saturated rings. The summed E-state index contributed by atoms with van der Waals surface area (Å²) in [5.41, 5.74) is 3.59. The molecule has 0 spiro atoms. The third-order valence-electron chi connectivity index (χ3n) is 2.91. The zero-order valence-corrected chi connectivity index (χ0v) is 13.8. The summed E-state index contributed by atoms with van der Waals surface area (Å²) >= 11 is 5.32. The van der Waals surface area contributed by atoms with Gasteiger partial charge >= 0.3 is 0 Å². The summed E-state index contributed by atoms with van der Waals surface area (Å²) in [6.07, 6.45) is 0. The van der Waals surface area contributed by atoms with Gasteiger partial charge in [0.2, 0.25) is 0 Å². The smallest absolute Gasteiger partial charge is 0.0898 e. The molecule has 0 amide bonds. The van der Waals surface area contributed by atoms with E-state index < -0.39 is 0 Å². The number of nitrogens with zero attached hydrogens (tertiary/aromatic N) is 2. The van der Waals surface area contributed by atoms with E-state index in [-0.39, 0.29) is 0 Å². The van der Waals surface area contributed by atoms with Crippen LogP contribution in [0.1, 0.15) is 16.3 Å². The number of rotatable bonds is 5. The van der Waals surface area contributed by atoms with Gasteiger partial charge in [-0.25, -0.2) is 4.98 Å². The van der Waals surface area contributed by atoms with Gasteiger partial charge in [0, 0.05) is 29.1 Å². The van der Waals surface area contributed by atoms with Crippen LogP contribution >= 0.6 is 27.3 Å². The lowest BCUT2D eigenvalue weighted by molar-refractivity contribution is 0.813. The Morgan fingerprint density at radius 1 is 1.42 bits per heavy atom. The highest BCUT2D eigenvalue weighted by atomic mass is 79.9. The summed E-state index contributed by atoms with van der Waals surface area (Å²) in [6, 6.07) is 6.46. The van der Waals surface area contributed by atoms with Gasteiger partial charge in [-0.3, -0.25) is 0 Å². The monoisotopic (exact) mass is 339 g/mol. The van der Waals surface area contributed by atoms with E-state index in [0.29, 0.717) is 0 Å². The lowest BCUT2D eigenvalue weighted by Crippen LogP contribution is -2.17. The molecule has 1 heterocycles. The van der Waals surface area contributed by atoms with Gasteiger partial charge in [0.25, 0.3) is 0 Å². The van der Waals surface area contributed by atoms with Crippen LogP contribution in [0, 0.1) is 6.92 Å². The van der Waals surface area contributed by atoms with Gasteiger partial charge in [0.1, 0.15) is 0 Å². The van der Waals surface area contributed by atoms with Crippen LogP contribution in [0.5, 0.6) is 0 Å². The largest absolute Gasteiger partial charge is 0.369 e. The summed E-state index contributed by atoms with van der Waals surface area (Å²) in [5.74, 6) is 0. The van der Waals surface area contributed by atoms with Crippen molar-refractivity contribution in [2.24, 2.45) is 0 Å². The standard InChI is InChI=1S/C14H18BrN3S/c1-10-17-12(9-19-10)8-18(3)13-5-4-11(7-16-2)14(15)6-13/h4-6,9,16H,7-8H2,1-3H3. The van der Waals surface area contributed by atoms with Crippen LogP contribution in [0.15, 0.2) is 28.1 Å². The first-order valence-corrected chi connectivity index (χ1v) is 7.82. The van der Waals surface area contributed by atoms with E-state index in [1.165, 1.54) is 11.3 Å². The molecule has 1 N–H and O–H groups in total. The highest BCUT2D eigenvalue weighted by Crippen LogP contribution is 2.24. The minimum Gasteiger partial charge on any atom is -0.369 e. The Kier molecular flexibility index (Phi) is 4.96. The van der Waals surface area contributed by atoms with E-state index in [2.05, 4.69) is 61.8 Å². The summed E-state index contributed by atoms with van der Waals surface area (Å²) in [5, 5.41) is 6.40. The Morgan fingerprint density at radius 3 is 2.79 bits per heavy atom. The number of aryl methyl sites for hydroxylation is 1. The predicted octanol–water partition coefficient (Wildman–Crippen LogP) is 3.57. The second-order valence-electron chi connectivity index (χ2n) is 4.52. The molecule has 0 atom stereocenters. The van der Waals surface area contributed by atoms with E-state index in [4.69, 9.17) is 0 Å². The highest BCUT2D eigenvalue weighted by molar-refractivity contribution is 9.10. The van der Waals surface area contributed by atoms with Crippen molar-refractivity contribution in [3.05, 3.63) is 44.3 Å². The molecule has 2 aromatic rings. The van der Waals surface area contributed by atoms with Gasteiger partial charge in [0.05, 0.1) is 17.2 Å². The third-order valence-corrected chi connectivity index (χ3v) is 4.47. The van der Waals surface area contributed by atoms with Crippen LogP contribution in [-0.4, -0.2) is 19.1 Å². The number of thiazole rings is 1. The molecule has 0 radical (unpaired) electrons. The van der Waals surface area contributed by atoms with Crippen molar-refractivity contribution < 1.29 is 0 Å². The summed E-state index contributed by atoms with van der Waals surface area (Å²) in [6.45, 7) is 3.75. The van der Waals surface area contributed by atoms with Crippen molar-refractivity contribution in [3.8, 4) is 0 Å². The highest BCUT2D eigenvalue weighted by Gasteiger charge is 2.07. The Morgan fingerprint density at radius 2 is 2.21 bits per heavy atom. The fourth-order valence-corrected chi connectivity index (χ4v) is 3.03. The van der Waals surface area contributed by atoms with Crippen molar-refractivity contribution in [1.29, 1.82) is 0 Å². The lowest BCUT2D eigenvalue weighted by Gasteiger charge is -2.19. The topological polar surface area (TPSA) is 28.2 Å². The molecule has 1 aromatic carbocycles. The molecule has 0 unspecified atom stereocenters. The molecule has 1 aromatic heterocycles. The number of anilines is 1. The molecule has 5 heteroatoms. The van der Waals surface area contributed by atoms with E-state index in [9.17, 15) is 0 Å². The summed E-state index contributed by atoms with van der Waals surface area (Å²) in [7, 11) is 4.05. The average molecular weight is 340 g/mol. The average Bonchev–Trinajstić information content (AvgIpc) is 2.77. The van der Waals surface area contributed by atoms with Gasteiger partial charge in [-0.1, -0.05) is 22.0 Å². The molecule has 0 aliphatic rings. The van der Waals surface area contributed by atoms with E-state index in [1.807, 2.05) is 14.0 Å². The first-order chi connectivity index (χ1) is 9.10. The van der Waals surface area contributed by atoms with Gasteiger partial charge in [-0.2, -0.15) is 0 Å². The van der Waals surface area contributed by atoms with Crippen molar-refractivity contribution in [2.45, 2.75) is 20.0 Å². The normalized spacial score (nSPS) is 10.7. The van der Waals surface area contributed by atoms with Crippen LogP contribution < -0.4 is 10.2 Å². The molecule has 0 aliphatic heterocycles. The molecule has 0 bridgehead atoms. The van der Waals surface area contributed by atoms with E-state index in [0.717, 1.165) is 28.3 Å². The fourth-order valence-electron chi connectivity index (χ4n) is 1.92. The lowest BCUT2D eigenvalue weighted by atomic mass is 10.2. The van der Waals surface area contributed by atoms with Gasteiger partial charge in [-0.05, 0) is 31.7 Å². The quantitative estimate of drug-likeness (QED) is 0.902. The van der Waals surface area contributed by atoms with Crippen LogP contribution in [0.25, 0.3) is 0 Å². The molecule has 0 aliphatic carbocycles. The maximum atomic E-state index is 4.50. The number of halogens is 1. The van der Waals surface area contributed by atoms with Gasteiger partial charge in [-0.15, -0.1) is 11.3 Å².